The monoisotopic (exact) mass is 541 g/mol. The predicted molar refractivity (Wildman–Crippen MR) is 142 cm³/mol. The van der Waals surface area contributed by atoms with Crippen LogP contribution in [0, 0.1) is 40.4 Å². The van der Waals surface area contributed by atoms with Crippen molar-refractivity contribution in [1.29, 1.82) is 0 Å². The van der Waals surface area contributed by atoms with E-state index in [0.29, 0.717) is 29.7 Å². The summed E-state index contributed by atoms with van der Waals surface area (Å²) in [7, 11) is 3.33. The molecule has 8 heteroatoms. The van der Waals surface area contributed by atoms with Gasteiger partial charge < -0.3 is 24.2 Å². The summed E-state index contributed by atoms with van der Waals surface area (Å²) in [6.07, 6.45) is 7.80. The van der Waals surface area contributed by atoms with Crippen molar-refractivity contribution in [2.75, 3.05) is 20.7 Å². The van der Waals surface area contributed by atoms with E-state index < -0.39 is 23.2 Å². The van der Waals surface area contributed by atoms with Crippen LogP contribution in [0.1, 0.15) is 66.2 Å². The highest BCUT2D eigenvalue weighted by Crippen LogP contribution is 2.73. The minimum absolute atomic E-state index is 0.0947. The smallest absolute Gasteiger partial charge is 0.409 e. The first kappa shape index (κ1) is 27.0. The average molecular weight is 542 g/mol. The number of cyclic esters (lactones) is 1. The summed E-state index contributed by atoms with van der Waals surface area (Å²) in [5.41, 5.74) is -0.0605. The molecule has 0 radical (unpaired) electrons. The normalized spacial score (nSPS) is 46.9. The van der Waals surface area contributed by atoms with E-state index >= 15 is 0 Å². The van der Waals surface area contributed by atoms with Gasteiger partial charge in [-0.25, -0.2) is 9.59 Å². The Morgan fingerprint density at radius 2 is 1.95 bits per heavy atom. The Hall–Kier alpha value is -2.19. The van der Waals surface area contributed by atoms with Crippen LogP contribution >= 0.6 is 0 Å². The summed E-state index contributed by atoms with van der Waals surface area (Å²) in [6, 6.07) is 0. The fraction of sp³-hybridized carbons (Fsp3) is 0.774. The van der Waals surface area contributed by atoms with E-state index in [2.05, 4.69) is 20.8 Å². The SMILES string of the molecule is CC1=C(CO)C(=O)O[C@@H]([C@@H](C)[C@H]2CC[C@H]3C4C[C@H]5O[C@]56[C@@H](OC(=O)N(C)C)C=CC(=O)[C@]6(C)C4CC[C@]23C)C1. The molecule has 2 aliphatic heterocycles. The zero-order chi connectivity index (χ0) is 28.1. The maximum Gasteiger partial charge on any atom is 0.409 e. The Morgan fingerprint density at radius 3 is 2.62 bits per heavy atom. The van der Waals surface area contributed by atoms with E-state index in [1.165, 1.54) is 4.90 Å². The summed E-state index contributed by atoms with van der Waals surface area (Å²) in [6.45, 7) is 8.38. The number of hydrogen-bond acceptors (Lipinski definition) is 7. The van der Waals surface area contributed by atoms with E-state index in [1.54, 1.807) is 26.2 Å². The molecule has 2 unspecified atom stereocenters. The third-order valence-corrected chi connectivity index (χ3v) is 12.2. The van der Waals surface area contributed by atoms with Crippen molar-refractivity contribution in [2.24, 2.45) is 40.4 Å². The Kier molecular flexibility index (Phi) is 6.16. The number of esters is 1. The second-order valence-corrected chi connectivity index (χ2v) is 13.8. The summed E-state index contributed by atoms with van der Waals surface area (Å²) >= 11 is 0. The van der Waals surface area contributed by atoms with Gasteiger partial charge in [-0.2, -0.15) is 0 Å². The number of nitrogens with zero attached hydrogens (tertiary/aromatic N) is 1. The van der Waals surface area contributed by atoms with Gasteiger partial charge in [0.25, 0.3) is 0 Å². The highest BCUT2D eigenvalue weighted by Gasteiger charge is 2.81. The van der Waals surface area contributed by atoms with Crippen molar-refractivity contribution >= 4 is 17.8 Å². The van der Waals surface area contributed by atoms with Crippen LogP contribution in [-0.2, 0) is 23.8 Å². The summed E-state index contributed by atoms with van der Waals surface area (Å²) < 4.78 is 18.2. The molecule has 11 atom stereocenters. The molecule has 8 nitrogen and oxygen atoms in total. The van der Waals surface area contributed by atoms with Gasteiger partial charge >= 0.3 is 12.1 Å². The third-order valence-electron chi connectivity index (χ3n) is 12.2. The van der Waals surface area contributed by atoms with E-state index in [0.717, 1.165) is 37.7 Å². The molecule has 0 aromatic carbocycles. The molecule has 0 bridgehead atoms. The van der Waals surface area contributed by atoms with Gasteiger partial charge in [-0.1, -0.05) is 19.4 Å². The van der Waals surface area contributed by atoms with Gasteiger partial charge in [0.05, 0.1) is 23.7 Å². The number of aliphatic hydroxyl groups is 1. The number of ketones is 1. The molecule has 1 N–H and O–H groups in total. The number of rotatable bonds is 4. The first-order valence-electron chi connectivity index (χ1n) is 14.7. The van der Waals surface area contributed by atoms with Crippen molar-refractivity contribution in [3.63, 3.8) is 0 Å². The first-order chi connectivity index (χ1) is 18.4. The molecule has 1 saturated heterocycles. The van der Waals surface area contributed by atoms with Crippen LogP contribution in [-0.4, -0.2) is 72.5 Å². The topological polar surface area (TPSA) is 106 Å². The molecular weight excluding hydrogens is 498 g/mol. The van der Waals surface area contributed by atoms with E-state index in [9.17, 15) is 19.5 Å². The van der Waals surface area contributed by atoms with Gasteiger partial charge in [-0.15, -0.1) is 0 Å². The maximum absolute atomic E-state index is 13.7. The number of amides is 1. The number of carbonyl (C=O) groups excluding carboxylic acids is 3. The van der Waals surface area contributed by atoms with Crippen molar-refractivity contribution in [3.05, 3.63) is 23.3 Å². The average Bonchev–Trinajstić information content (AvgIpc) is 3.51. The number of ether oxygens (including phenoxy) is 3. The molecule has 2 heterocycles. The number of aliphatic hydroxyl groups excluding tert-OH is 1. The molecule has 4 fully saturated rings. The lowest BCUT2D eigenvalue weighted by molar-refractivity contribution is -0.156. The maximum atomic E-state index is 13.7. The first-order valence-corrected chi connectivity index (χ1v) is 14.7. The molecule has 1 amide bonds. The molecule has 3 saturated carbocycles. The number of carbonyl (C=O) groups is 3. The number of fused-ring (bicyclic) bond motifs is 4. The summed E-state index contributed by atoms with van der Waals surface area (Å²) in [5.74, 6) is 1.35. The Bertz CT molecular complexity index is 1160. The van der Waals surface area contributed by atoms with Gasteiger partial charge in [0, 0.05) is 20.5 Å². The van der Waals surface area contributed by atoms with Gasteiger partial charge in [0.1, 0.15) is 11.7 Å². The largest absolute Gasteiger partial charge is 0.458 e. The van der Waals surface area contributed by atoms with Gasteiger partial charge in [-0.05, 0) is 93.1 Å². The number of allylic oxidation sites excluding steroid dienone is 1. The van der Waals surface area contributed by atoms with E-state index in [-0.39, 0.29) is 47.8 Å². The molecule has 4 aliphatic carbocycles. The molecule has 0 aromatic rings. The van der Waals surface area contributed by atoms with Crippen LogP contribution in [0.15, 0.2) is 23.3 Å². The molecule has 214 valence electrons. The minimum Gasteiger partial charge on any atom is -0.458 e. The molecule has 0 aromatic heterocycles. The second kappa shape index (κ2) is 8.90. The predicted octanol–water partition coefficient (Wildman–Crippen LogP) is 4.06. The van der Waals surface area contributed by atoms with Crippen molar-refractivity contribution in [2.45, 2.75) is 90.1 Å². The Morgan fingerprint density at radius 1 is 1.21 bits per heavy atom. The van der Waals surface area contributed by atoms with Crippen LogP contribution < -0.4 is 0 Å². The van der Waals surface area contributed by atoms with Gasteiger partial charge in [0.2, 0.25) is 0 Å². The van der Waals surface area contributed by atoms with Crippen molar-refractivity contribution < 1.29 is 33.7 Å². The fourth-order valence-corrected chi connectivity index (χ4v) is 10.0. The quantitative estimate of drug-likeness (QED) is 0.423. The van der Waals surface area contributed by atoms with Crippen LogP contribution in [0.3, 0.4) is 0 Å². The molecular formula is C31H43NO7. The lowest BCUT2D eigenvalue weighted by atomic mass is 9.44. The van der Waals surface area contributed by atoms with Crippen molar-refractivity contribution in [1.82, 2.24) is 4.90 Å². The van der Waals surface area contributed by atoms with Crippen LogP contribution in [0.5, 0.6) is 0 Å². The van der Waals surface area contributed by atoms with Gasteiger partial charge in [-0.3, -0.25) is 4.79 Å². The summed E-state index contributed by atoms with van der Waals surface area (Å²) in [4.78, 5) is 40.2. The highest BCUT2D eigenvalue weighted by atomic mass is 16.7. The number of epoxide rings is 1. The molecule has 39 heavy (non-hydrogen) atoms. The van der Waals surface area contributed by atoms with E-state index in [4.69, 9.17) is 14.2 Å². The molecule has 6 rings (SSSR count). The lowest BCUT2D eigenvalue weighted by Gasteiger charge is -2.58. The van der Waals surface area contributed by atoms with Gasteiger partial charge in [0.15, 0.2) is 11.9 Å². The fourth-order valence-electron chi connectivity index (χ4n) is 10.0. The molecule has 6 aliphatic rings. The van der Waals surface area contributed by atoms with Crippen LogP contribution in [0.25, 0.3) is 0 Å². The Balaban J connectivity index is 1.25. The summed E-state index contributed by atoms with van der Waals surface area (Å²) in [5, 5.41) is 9.58. The van der Waals surface area contributed by atoms with Crippen molar-refractivity contribution in [3.8, 4) is 0 Å². The lowest BCUT2D eigenvalue weighted by Crippen LogP contribution is -2.64. The molecule has 1 spiro atoms. The zero-order valence-electron chi connectivity index (χ0n) is 24.1. The Labute approximate surface area is 231 Å². The highest BCUT2D eigenvalue weighted by molar-refractivity contribution is 5.98. The van der Waals surface area contributed by atoms with Crippen LogP contribution in [0.2, 0.25) is 0 Å². The zero-order valence-corrected chi connectivity index (χ0v) is 24.1. The standard InChI is InChI=1S/C31H43NO7/c1-16-13-23(37-27(35)19(16)15-33)17(2)20-7-8-21-18-14-26-31(39-26)25(38-28(36)32(5)6)10-9-24(34)30(31,4)22(18)11-12-29(20,21)3/h9-10,17-18,20-23,25-26,33H,7-8,11-15H2,1-6H3/t17-,18?,20+,21-,22?,23+,25-,26+,29+,30-,31+/m0/s1. The van der Waals surface area contributed by atoms with E-state index in [1.807, 2.05) is 6.92 Å². The van der Waals surface area contributed by atoms with Crippen LogP contribution in [0.4, 0.5) is 4.79 Å². The minimum atomic E-state index is -0.769. The number of hydrogen-bond donors (Lipinski definition) is 1. The second-order valence-electron chi connectivity index (χ2n) is 13.8. The third kappa shape index (κ3) is 3.52.